The molecule has 7 heteroatoms. The Morgan fingerprint density at radius 2 is 1.81 bits per heavy atom. The number of halogens is 1. The Hall–Kier alpha value is -3.14. The molecule has 0 radical (unpaired) electrons. The first-order chi connectivity index (χ1) is 15.1. The van der Waals surface area contributed by atoms with Crippen molar-refractivity contribution >= 4 is 17.5 Å². The van der Waals surface area contributed by atoms with E-state index in [0.29, 0.717) is 35.1 Å². The summed E-state index contributed by atoms with van der Waals surface area (Å²) in [6.07, 6.45) is 0.894. The molecule has 2 aromatic carbocycles. The topological polar surface area (TPSA) is 65.2 Å². The molecule has 0 saturated carbocycles. The van der Waals surface area contributed by atoms with Crippen LogP contribution in [-0.2, 0) is 6.54 Å². The van der Waals surface area contributed by atoms with Gasteiger partial charge in [0.25, 0.3) is 5.91 Å². The van der Waals surface area contributed by atoms with Crippen molar-refractivity contribution in [3.05, 3.63) is 82.1 Å². The first kappa shape index (κ1) is 21.1. The van der Waals surface area contributed by atoms with E-state index < -0.39 is 0 Å². The zero-order valence-corrected chi connectivity index (χ0v) is 18.2. The van der Waals surface area contributed by atoms with Crippen LogP contribution in [0.3, 0.4) is 0 Å². The lowest BCUT2D eigenvalue weighted by Crippen LogP contribution is -2.35. The number of amides is 1. The minimum Gasteiger partial charge on any atom is -0.337 e. The van der Waals surface area contributed by atoms with E-state index in [1.54, 1.807) is 4.68 Å². The highest BCUT2D eigenvalue weighted by molar-refractivity contribution is 6.33. The van der Waals surface area contributed by atoms with Crippen LogP contribution in [0.15, 0.2) is 54.6 Å². The maximum absolute atomic E-state index is 13.3. The Balaban J connectivity index is 1.45. The van der Waals surface area contributed by atoms with Crippen LogP contribution in [0.25, 0.3) is 5.69 Å². The third-order valence-electron chi connectivity index (χ3n) is 5.58. The zero-order chi connectivity index (χ0) is 21.8. The second kappa shape index (κ2) is 9.34. The lowest BCUT2D eigenvalue weighted by atomic mass is 10.1. The summed E-state index contributed by atoms with van der Waals surface area (Å²) in [5.74, 6) is -0.0649. The Labute approximate surface area is 187 Å². The van der Waals surface area contributed by atoms with Crippen LogP contribution in [0.5, 0.6) is 0 Å². The molecule has 1 fully saturated rings. The highest BCUT2D eigenvalue weighted by Crippen LogP contribution is 2.25. The van der Waals surface area contributed by atoms with E-state index in [4.69, 9.17) is 16.9 Å². The summed E-state index contributed by atoms with van der Waals surface area (Å²) in [6, 6.07) is 19.4. The molecule has 3 aromatic rings. The average Bonchev–Trinajstić information content (AvgIpc) is 2.94. The number of nitrogens with zero attached hydrogens (tertiary/aromatic N) is 5. The largest absolute Gasteiger partial charge is 0.337 e. The van der Waals surface area contributed by atoms with Gasteiger partial charge in [-0.05, 0) is 43.2 Å². The number of benzene rings is 2. The fourth-order valence-corrected chi connectivity index (χ4v) is 4.27. The van der Waals surface area contributed by atoms with Gasteiger partial charge in [-0.15, -0.1) is 0 Å². The first-order valence-corrected chi connectivity index (χ1v) is 10.8. The van der Waals surface area contributed by atoms with Gasteiger partial charge in [-0.2, -0.15) is 10.4 Å². The Kier molecular flexibility index (Phi) is 6.36. The van der Waals surface area contributed by atoms with Crippen LogP contribution in [-0.4, -0.2) is 51.7 Å². The highest BCUT2D eigenvalue weighted by atomic mass is 35.5. The molecule has 1 amide bonds. The number of nitriles is 1. The molecule has 0 atom stereocenters. The predicted molar refractivity (Wildman–Crippen MR) is 120 cm³/mol. The van der Waals surface area contributed by atoms with E-state index in [2.05, 4.69) is 16.1 Å². The van der Waals surface area contributed by atoms with Crippen LogP contribution < -0.4 is 0 Å². The van der Waals surface area contributed by atoms with Gasteiger partial charge in [0.1, 0.15) is 5.15 Å². The number of carbonyl (C=O) groups is 1. The summed E-state index contributed by atoms with van der Waals surface area (Å²) in [6.45, 7) is 5.67. The molecule has 0 N–H and O–H groups in total. The van der Waals surface area contributed by atoms with Crippen LogP contribution in [0, 0.1) is 18.3 Å². The molecule has 158 valence electrons. The molecule has 1 saturated heterocycles. The van der Waals surface area contributed by atoms with Gasteiger partial charge in [0, 0.05) is 32.7 Å². The summed E-state index contributed by atoms with van der Waals surface area (Å²) >= 11 is 6.60. The lowest BCUT2D eigenvalue weighted by molar-refractivity contribution is 0.0760. The predicted octanol–water partition coefficient (Wildman–Crippen LogP) is 4.05. The van der Waals surface area contributed by atoms with E-state index in [1.165, 1.54) is 5.56 Å². The molecule has 31 heavy (non-hydrogen) atoms. The molecule has 6 nitrogen and oxygen atoms in total. The van der Waals surface area contributed by atoms with Crippen LogP contribution in [0.2, 0.25) is 5.15 Å². The fourth-order valence-electron chi connectivity index (χ4n) is 3.92. The van der Waals surface area contributed by atoms with Gasteiger partial charge >= 0.3 is 0 Å². The number of para-hydroxylation sites is 1. The van der Waals surface area contributed by atoms with Crippen LogP contribution >= 0.6 is 11.6 Å². The zero-order valence-electron chi connectivity index (χ0n) is 17.5. The number of hydrogen-bond donors (Lipinski definition) is 0. The number of carbonyl (C=O) groups excluding carboxylic acids is 1. The smallest absolute Gasteiger partial charge is 0.258 e. The minimum atomic E-state index is -0.0649. The van der Waals surface area contributed by atoms with E-state index >= 15 is 0 Å². The maximum atomic E-state index is 13.3. The van der Waals surface area contributed by atoms with Crippen molar-refractivity contribution in [1.82, 2.24) is 19.6 Å². The standard InChI is InChI=1S/C24H24ClN5O/c1-18-22(23(25)30(27-18)21-6-3-2-4-7-21)24(31)29-13-5-12-28(14-15-29)17-20-10-8-19(16-26)9-11-20/h2-4,6-11H,5,12-15,17H2,1H3. The summed E-state index contributed by atoms with van der Waals surface area (Å²) < 4.78 is 1.62. The fraction of sp³-hybridized carbons (Fsp3) is 0.292. The highest BCUT2D eigenvalue weighted by Gasteiger charge is 2.27. The van der Waals surface area contributed by atoms with E-state index in [1.807, 2.05) is 66.4 Å². The second-order valence-electron chi connectivity index (χ2n) is 7.73. The Morgan fingerprint density at radius 1 is 1.06 bits per heavy atom. The van der Waals surface area contributed by atoms with Crippen molar-refractivity contribution in [2.24, 2.45) is 0 Å². The molecule has 0 spiro atoms. The van der Waals surface area contributed by atoms with Gasteiger partial charge in [-0.1, -0.05) is 41.9 Å². The summed E-state index contributed by atoms with van der Waals surface area (Å²) in [5, 5.41) is 13.8. The quantitative estimate of drug-likeness (QED) is 0.622. The molecular weight excluding hydrogens is 410 g/mol. The molecule has 4 rings (SSSR count). The van der Waals surface area contributed by atoms with E-state index in [9.17, 15) is 4.79 Å². The molecular formula is C24H24ClN5O. The first-order valence-electron chi connectivity index (χ1n) is 10.4. The number of hydrogen-bond acceptors (Lipinski definition) is 4. The SMILES string of the molecule is Cc1nn(-c2ccccc2)c(Cl)c1C(=O)N1CCCN(Cc2ccc(C#N)cc2)CC1. The second-order valence-corrected chi connectivity index (χ2v) is 8.09. The van der Waals surface area contributed by atoms with Crippen molar-refractivity contribution in [3.63, 3.8) is 0 Å². The van der Waals surface area contributed by atoms with Gasteiger partial charge in [0.05, 0.1) is 28.6 Å². The van der Waals surface area contributed by atoms with Gasteiger partial charge < -0.3 is 4.90 Å². The van der Waals surface area contributed by atoms with Crippen LogP contribution in [0.1, 0.15) is 33.6 Å². The van der Waals surface area contributed by atoms with Crippen molar-refractivity contribution in [1.29, 1.82) is 5.26 Å². The summed E-state index contributed by atoms with van der Waals surface area (Å²) in [7, 11) is 0. The minimum absolute atomic E-state index is 0.0649. The lowest BCUT2D eigenvalue weighted by Gasteiger charge is -2.22. The number of rotatable bonds is 4. The number of aryl methyl sites for hydroxylation is 1. The van der Waals surface area contributed by atoms with Crippen molar-refractivity contribution in [2.45, 2.75) is 19.9 Å². The average molecular weight is 434 g/mol. The van der Waals surface area contributed by atoms with Gasteiger partial charge in [0.15, 0.2) is 0 Å². The molecule has 2 heterocycles. The van der Waals surface area contributed by atoms with E-state index in [0.717, 1.165) is 31.7 Å². The Bertz CT molecular complexity index is 1100. The van der Waals surface area contributed by atoms with Crippen molar-refractivity contribution < 1.29 is 4.79 Å². The van der Waals surface area contributed by atoms with Gasteiger partial charge in [0.2, 0.25) is 0 Å². The molecule has 1 aliphatic rings. The van der Waals surface area contributed by atoms with Crippen molar-refractivity contribution in [3.8, 4) is 11.8 Å². The monoisotopic (exact) mass is 433 g/mol. The third-order valence-corrected chi connectivity index (χ3v) is 5.93. The molecule has 1 aromatic heterocycles. The number of aromatic nitrogens is 2. The van der Waals surface area contributed by atoms with Crippen molar-refractivity contribution in [2.75, 3.05) is 26.2 Å². The summed E-state index contributed by atoms with van der Waals surface area (Å²) in [4.78, 5) is 17.5. The maximum Gasteiger partial charge on any atom is 0.258 e. The van der Waals surface area contributed by atoms with E-state index in [-0.39, 0.29) is 5.91 Å². The molecule has 1 aliphatic heterocycles. The molecule has 0 bridgehead atoms. The molecule has 0 aliphatic carbocycles. The molecule has 0 unspecified atom stereocenters. The Morgan fingerprint density at radius 3 is 2.52 bits per heavy atom. The van der Waals surface area contributed by atoms with Gasteiger partial charge in [-0.3, -0.25) is 9.69 Å². The normalized spacial score (nSPS) is 14.8. The van der Waals surface area contributed by atoms with Gasteiger partial charge in [-0.25, -0.2) is 4.68 Å². The van der Waals surface area contributed by atoms with Crippen LogP contribution in [0.4, 0.5) is 0 Å². The third kappa shape index (κ3) is 4.63. The summed E-state index contributed by atoms with van der Waals surface area (Å²) in [5.41, 5.74) is 3.78.